The molecule has 5 heteroatoms. The Labute approximate surface area is 105 Å². The molecule has 92 valence electrons. The molecule has 1 aromatic carbocycles. The van der Waals surface area contributed by atoms with Gasteiger partial charge in [0.1, 0.15) is 0 Å². The monoisotopic (exact) mass is 252 g/mol. The van der Waals surface area contributed by atoms with Gasteiger partial charge in [0, 0.05) is 11.5 Å². The van der Waals surface area contributed by atoms with E-state index in [2.05, 4.69) is 5.10 Å². The molecule has 17 heavy (non-hydrogen) atoms. The highest BCUT2D eigenvalue weighted by atomic mass is 32.2. The van der Waals surface area contributed by atoms with Crippen LogP contribution in [0.1, 0.15) is 12.5 Å². The Morgan fingerprint density at radius 1 is 1.41 bits per heavy atom. The molecule has 0 spiro atoms. The Hall–Kier alpha value is -1.49. The lowest BCUT2D eigenvalue weighted by Crippen LogP contribution is -2.21. The van der Waals surface area contributed by atoms with Crippen LogP contribution >= 0.6 is 11.8 Å². The Kier molecular flexibility index (Phi) is 6.17. The van der Waals surface area contributed by atoms with Gasteiger partial charge in [-0.2, -0.15) is 16.9 Å². The zero-order valence-corrected chi connectivity index (χ0v) is 10.6. The summed E-state index contributed by atoms with van der Waals surface area (Å²) in [7, 11) is 0. The number of carbonyl (C=O) groups is 1. The minimum absolute atomic E-state index is 0.271. The molecular formula is C12H16N2O2S. The molecule has 0 aliphatic heterocycles. The molecule has 1 aromatic rings. The van der Waals surface area contributed by atoms with E-state index in [4.69, 9.17) is 10.6 Å². The Bertz CT molecular complexity index is 379. The molecule has 0 amide bonds. The Morgan fingerprint density at radius 2 is 2.12 bits per heavy atom. The van der Waals surface area contributed by atoms with E-state index < -0.39 is 5.97 Å². The molecule has 0 aromatic heterocycles. The average molecular weight is 252 g/mol. The lowest BCUT2D eigenvalue weighted by Gasteiger charge is -2.04. The lowest BCUT2D eigenvalue weighted by atomic mass is 10.2. The zero-order valence-electron chi connectivity index (χ0n) is 9.76. The van der Waals surface area contributed by atoms with E-state index in [1.807, 2.05) is 30.3 Å². The van der Waals surface area contributed by atoms with E-state index in [1.165, 1.54) is 5.56 Å². The van der Waals surface area contributed by atoms with E-state index in [0.717, 1.165) is 5.75 Å². The van der Waals surface area contributed by atoms with Crippen LogP contribution in [0.5, 0.6) is 0 Å². The number of hydrogen-bond acceptors (Lipinski definition) is 5. The van der Waals surface area contributed by atoms with Gasteiger partial charge in [0.2, 0.25) is 0 Å². The van der Waals surface area contributed by atoms with Crippen molar-refractivity contribution < 1.29 is 9.53 Å². The molecule has 0 fully saturated rings. The molecule has 0 heterocycles. The van der Waals surface area contributed by atoms with Gasteiger partial charge in [-0.1, -0.05) is 30.3 Å². The summed E-state index contributed by atoms with van der Waals surface area (Å²) in [4.78, 5) is 11.4. The second kappa shape index (κ2) is 7.73. The number of ether oxygens (including phenoxy) is 1. The fraction of sp³-hybridized carbons (Fsp3) is 0.333. The molecule has 2 N–H and O–H groups in total. The number of carbonyl (C=O) groups excluding carboxylic acids is 1. The van der Waals surface area contributed by atoms with Gasteiger partial charge < -0.3 is 10.6 Å². The third-order valence-electron chi connectivity index (χ3n) is 2.02. The highest BCUT2D eigenvalue weighted by molar-refractivity contribution is 7.99. The van der Waals surface area contributed by atoms with E-state index in [0.29, 0.717) is 12.4 Å². The molecule has 0 unspecified atom stereocenters. The van der Waals surface area contributed by atoms with Crippen LogP contribution in [0.3, 0.4) is 0 Å². The second-order valence-electron chi connectivity index (χ2n) is 3.27. The molecule has 0 saturated carbocycles. The fourth-order valence-corrected chi connectivity index (χ4v) is 2.12. The van der Waals surface area contributed by atoms with Crippen LogP contribution in [-0.4, -0.2) is 24.0 Å². The van der Waals surface area contributed by atoms with Crippen molar-refractivity contribution in [3.63, 3.8) is 0 Å². The van der Waals surface area contributed by atoms with Gasteiger partial charge >= 0.3 is 5.97 Å². The predicted octanol–water partition coefficient (Wildman–Crippen LogP) is 1.80. The average Bonchev–Trinajstić information content (AvgIpc) is 2.36. The molecule has 1 rings (SSSR count). The smallest absolute Gasteiger partial charge is 0.355 e. The van der Waals surface area contributed by atoms with Crippen LogP contribution in [0.2, 0.25) is 0 Å². The van der Waals surface area contributed by atoms with Crippen molar-refractivity contribution in [3.8, 4) is 0 Å². The van der Waals surface area contributed by atoms with Crippen LogP contribution < -0.4 is 5.84 Å². The molecule has 0 radical (unpaired) electrons. The summed E-state index contributed by atoms with van der Waals surface area (Å²) >= 11 is 1.58. The first kappa shape index (κ1) is 13.6. The Morgan fingerprint density at radius 3 is 2.71 bits per heavy atom. The minimum atomic E-state index is -0.435. The molecular weight excluding hydrogens is 236 g/mol. The Balaban J connectivity index is 2.37. The standard InChI is InChI=1S/C12H16N2O2S/c1-2-16-12(15)11(14-13)9-17-8-10-6-4-3-5-7-10/h3-7H,2,8-9,13H2,1H3/b14-11-. The van der Waals surface area contributed by atoms with Crippen molar-refractivity contribution in [1.82, 2.24) is 0 Å². The van der Waals surface area contributed by atoms with E-state index in [-0.39, 0.29) is 5.71 Å². The summed E-state index contributed by atoms with van der Waals surface area (Å²) in [6.45, 7) is 2.09. The first-order chi connectivity index (χ1) is 8.27. The second-order valence-corrected chi connectivity index (χ2v) is 4.26. The van der Waals surface area contributed by atoms with Gasteiger partial charge in [0.05, 0.1) is 6.61 Å². The number of nitrogens with zero attached hydrogens (tertiary/aromatic N) is 1. The third kappa shape index (κ3) is 4.91. The van der Waals surface area contributed by atoms with Crippen LogP contribution in [0.15, 0.2) is 35.4 Å². The van der Waals surface area contributed by atoms with Crippen LogP contribution in [0, 0.1) is 0 Å². The van der Waals surface area contributed by atoms with Crippen molar-refractivity contribution in [2.24, 2.45) is 10.9 Å². The quantitative estimate of drug-likeness (QED) is 0.363. The zero-order chi connectivity index (χ0) is 12.5. The van der Waals surface area contributed by atoms with Crippen LogP contribution in [0.4, 0.5) is 0 Å². The predicted molar refractivity (Wildman–Crippen MR) is 70.9 cm³/mol. The minimum Gasteiger partial charge on any atom is -0.461 e. The summed E-state index contributed by atoms with van der Waals surface area (Å²) in [6.07, 6.45) is 0. The normalized spacial score (nSPS) is 11.2. The summed E-state index contributed by atoms with van der Waals surface area (Å²) in [5.74, 6) is 6.00. The summed E-state index contributed by atoms with van der Waals surface area (Å²) in [5, 5.41) is 3.46. The fourth-order valence-electron chi connectivity index (χ4n) is 1.20. The molecule has 0 aliphatic carbocycles. The molecule has 0 saturated heterocycles. The van der Waals surface area contributed by atoms with Crippen molar-refractivity contribution >= 4 is 23.4 Å². The number of hydrogen-bond donors (Lipinski definition) is 1. The lowest BCUT2D eigenvalue weighted by molar-refractivity contribution is -0.135. The topological polar surface area (TPSA) is 64.7 Å². The van der Waals surface area contributed by atoms with E-state index in [9.17, 15) is 4.79 Å². The maximum absolute atomic E-state index is 11.4. The SMILES string of the molecule is CCOC(=O)/C(CSCc1ccccc1)=N\N. The molecule has 0 atom stereocenters. The van der Waals surface area contributed by atoms with Gasteiger partial charge in [0.25, 0.3) is 0 Å². The van der Waals surface area contributed by atoms with Gasteiger partial charge in [0.15, 0.2) is 5.71 Å². The maximum atomic E-state index is 11.4. The van der Waals surface area contributed by atoms with Crippen LogP contribution in [-0.2, 0) is 15.3 Å². The van der Waals surface area contributed by atoms with Crippen molar-refractivity contribution in [3.05, 3.63) is 35.9 Å². The van der Waals surface area contributed by atoms with Gasteiger partial charge in [-0.25, -0.2) is 4.79 Å². The molecule has 0 bridgehead atoms. The maximum Gasteiger partial charge on any atom is 0.355 e. The third-order valence-corrected chi connectivity index (χ3v) is 3.03. The highest BCUT2D eigenvalue weighted by Gasteiger charge is 2.12. The van der Waals surface area contributed by atoms with Crippen molar-refractivity contribution in [2.45, 2.75) is 12.7 Å². The van der Waals surface area contributed by atoms with Gasteiger partial charge in [-0.15, -0.1) is 0 Å². The number of esters is 1. The van der Waals surface area contributed by atoms with E-state index >= 15 is 0 Å². The molecule has 0 aliphatic rings. The first-order valence-corrected chi connectivity index (χ1v) is 6.49. The summed E-state index contributed by atoms with van der Waals surface area (Å²) in [5.41, 5.74) is 1.48. The number of hydrazone groups is 1. The highest BCUT2D eigenvalue weighted by Crippen LogP contribution is 2.12. The summed E-state index contributed by atoms with van der Waals surface area (Å²) < 4.78 is 4.83. The number of thioether (sulfide) groups is 1. The molecule has 4 nitrogen and oxygen atoms in total. The van der Waals surface area contributed by atoms with Gasteiger partial charge in [-0.05, 0) is 12.5 Å². The number of benzene rings is 1. The first-order valence-electron chi connectivity index (χ1n) is 5.33. The van der Waals surface area contributed by atoms with E-state index in [1.54, 1.807) is 18.7 Å². The number of nitrogens with two attached hydrogens (primary N) is 1. The summed E-state index contributed by atoms with van der Waals surface area (Å²) in [6, 6.07) is 10.0. The number of rotatable bonds is 6. The van der Waals surface area contributed by atoms with Crippen LogP contribution in [0.25, 0.3) is 0 Å². The largest absolute Gasteiger partial charge is 0.461 e. The van der Waals surface area contributed by atoms with Crippen molar-refractivity contribution in [2.75, 3.05) is 12.4 Å². The van der Waals surface area contributed by atoms with Crippen molar-refractivity contribution in [1.29, 1.82) is 0 Å². The van der Waals surface area contributed by atoms with Gasteiger partial charge in [-0.3, -0.25) is 0 Å².